The van der Waals surface area contributed by atoms with Gasteiger partial charge in [-0.2, -0.15) is 0 Å². The van der Waals surface area contributed by atoms with Gasteiger partial charge in [-0.15, -0.1) is 11.3 Å². The van der Waals surface area contributed by atoms with E-state index in [2.05, 4.69) is 5.32 Å². The van der Waals surface area contributed by atoms with Crippen LogP contribution in [-0.2, 0) is 0 Å². The number of benzene rings is 1. The van der Waals surface area contributed by atoms with Crippen LogP contribution in [0.5, 0.6) is 0 Å². The number of rotatable bonds is 4. The monoisotopic (exact) mass is 296 g/mol. The molecular formula is C13H13ClN2O2S. The van der Waals surface area contributed by atoms with Crippen molar-refractivity contribution in [1.82, 2.24) is 0 Å². The van der Waals surface area contributed by atoms with Gasteiger partial charge in [-0.3, -0.25) is 10.1 Å². The second kappa shape index (κ2) is 5.59. The van der Waals surface area contributed by atoms with E-state index in [0.717, 1.165) is 20.5 Å². The third-order valence-corrected chi connectivity index (χ3v) is 4.09. The molecule has 4 nitrogen and oxygen atoms in total. The predicted octanol–water partition coefficient (Wildman–Crippen LogP) is 4.79. The van der Waals surface area contributed by atoms with Crippen molar-refractivity contribution in [2.75, 3.05) is 5.32 Å². The lowest BCUT2D eigenvalue weighted by Gasteiger charge is -2.14. The van der Waals surface area contributed by atoms with Gasteiger partial charge >= 0.3 is 0 Å². The molecule has 1 atom stereocenters. The minimum atomic E-state index is -0.384. The van der Waals surface area contributed by atoms with Gasteiger partial charge in [0.15, 0.2) is 0 Å². The first kappa shape index (κ1) is 13.8. The molecule has 2 aromatic rings. The maximum absolute atomic E-state index is 10.8. The minimum Gasteiger partial charge on any atom is -0.377 e. The largest absolute Gasteiger partial charge is 0.377 e. The summed E-state index contributed by atoms with van der Waals surface area (Å²) < 4.78 is 0.735. The molecule has 6 heteroatoms. The summed E-state index contributed by atoms with van der Waals surface area (Å²) in [6.07, 6.45) is 0. The number of thiophene rings is 1. The van der Waals surface area contributed by atoms with Crippen molar-refractivity contribution < 1.29 is 4.92 Å². The van der Waals surface area contributed by atoms with E-state index in [1.54, 1.807) is 12.1 Å². The van der Waals surface area contributed by atoms with Gasteiger partial charge in [0.2, 0.25) is 0 Å². The molecule has 1 N–H and O–H groups in total. The van der Waals surface area contributed by atoms with Crippen LogP contribution in [0.4, 0.5) is 11.4 Å². The number of nitrogens with zero attached hydrogens (tertiary/aromatic N) is 1. The van der Waals surface area contributed by atoms with Crippen molar-refractivity contribution in [1.29, 1.82) is 0 Å². The highest BCUT2D eigenvalue weighted by molar-refractivity contribution is 7.16. The van der Waals surface area contributed by atoms with E-state index in [0.29, 0.717) is 0 Å². The molecule has 1 aromatic heterocycles. The Balaban J connectivity index is 2.21. The number of aryl methyl sites for hydroxylation is 1. The van der Waals surface area contributed by atoms with E-state index in [9.17, 15) is 10.1 Å². The van der Waals surface area contributed by atoms with Crippen LogP contribution >= 0.6 is 22.9 Å². The molecule has 0 radical (unpaired) electrons. The Morgan fingerprint density at radius 3 is 2.68 bits per heavy atom. The molecular weight excluding hydrogens is 284 g/mol. The number of non-ortho nitro benzene ring substituents is 1. The van der Waals surface area contributed by atoms with Crippen molar-refractivity contribution >= 4 is 34.3 Å². The number of anilines is 1. The van der Waals surface area contributed by atoms with Crippen molar-refractivity contribution in [2.45, 2.75) is 19.9 Å². The van der Waals surface area contributed by atoms with Gasteiger partial charge < -0.3 is 5.32 Å². The molecule has 0 spiro atoms. The Labute approximate surface area is 120 Å². The standard InChI is InChI=1S/C13H13ClN2O2S/c1-8-5-10(7-11(6-8)16(17)18)15-9(2)12-3-4-13(14)19-12/h3-7,9,15H,1-2H3. The third-order valence-electron chi connectivity index (χ3n) is 2.68. The lowest BCUT2D eigenvalue weighted by molar-refractivity contribution is -0.384. The molecule has 0 aliphatic rings. The van der Waals surface area contributed by atoms with E-state index in [4.69, 9.17) is 11.6 Å². The molecule has 0 amide bonds. The summed E-state index contributed by atoms with van der Waals surface area (Å²) in [5.74, 6) is 0. The molecule has 0 aliphatic heterocycles. The first-order valence-corrected chi connectivity index (χ1v) is 6.93. The first-order chi connectivity index (χ1) is 8.95. The Kier molecular flexibility index (Phi) is 4.07. The number of halogens is 1. The predicted molar refractivity (Wildman–Crippen MR) is 79.2 cm³/mol. The molecule has 2 rings (SSSR count). The third kappa shape index (κ3) is 3.45. The Bertz CT molecular complexity index is 612. The van der Waals surface area contributed by atoms with Crippen molar-refractivity contribution in [3.8, 4) is 0 Å². The molecule has 0 aliphatic carbocycles. The highest BCUT2D eigenvalue weighted by Crippen LogP contribution is 2.30. The Morgan fingerprint density at radius 2 is 2.11 bits per heavy atom. The fourth-order valence-corrected chi connectivity index (χ4v) is 2.90. The zero-order valence-electron chi connectivity index (χ0n) is 10.5. The quantitative estimate of drug-likeness (QED) is 0.652. The Hall–Kier alpha value is -1.59. The van der Waals surface area contributed by atoms with Crippen LogP contribution in [0.25, 0.3) is 0 Å². The van der Waals surface area contributed by atoms with E-state index in [1.807, 2.05) is 32.0 Å². The topological polar surface area (TPSA) is 55.2 Å². The summed E-state index contributed by atoms with van der Waals surface area (Å²) in [6, 6.07) is 8.83. The van der Waals surface area contributed by atoms with E-state index >= 15 is 0 Å². The normalized spacial score (nSPS) is 12.2. The second-order valence-electron chi connectivity index (χ2n) is 4.32. The van der Waals surface area contributed by atoms with Crippen LogP contribution < -0.4 is 5.32 Å². The van der Waals surface area contributed by atoms with Gasteiger partial charge in [-0.25, -0.2) is 0 Å². The van der Waals surface area contributed by atoms with E-state index in [1.165, 1.54) is 11.3 Å². The van der Waals surface area contributed by atoms with Crippen LogP contribution in [0, 0.1) is 17.0 Å². The second-order valence-corrected chi connectivity index (χ2v) is 6.07. The molecule has 1 aromatic carbocycles. The van der Waals surface area contributed by atoms with Gasteiger partial charge in [-0.1, -0.05) is 11.6 Å². The van der Waals surface area contributed by atoms with Crippen LogP contribution in [0.3, 0.4) is 0 Å². The average molecular weight is 297 g/mol. The summed E-state index contributed by atoms with van der Waals surface area (Å²) in [5.41, 5.74) is 1.69. The maximum atomic E-state index is 10.8. The fourth-order valence-electron chi connectivity index (χ4n) is 1.83. The number of nitrogens with one attached hydrogen (secondary N) is 1. The smallest absolute Gasteiger partial charge is 0.271 e. The lowest BCUT2D eigenvalue weighted by Crippen LogP contribution is -2.05. The molecule has 1 unspecified atom stereocenters. The highest BCUT2D eigenvalue weighted by Gasteiger charge is 2.12. The summed E-state index contributed by atoms with van der Waals surface area (Å²) in [4.78, 5) is 11.5. The molecule has 0 bridgehead atoms. The molecule has 0 saturated heterocycles. The zero-order valence-corrected chi connectivity index (χ0v) is 12.1. The fraction of sp³-hybridized carbons (Fsp3) is 0.231. The number of hydrogen-bond donors (Lipinski definition) is 1. The molecule has 100 valence electrons. The lowest BCUT2D eigenvalue weighted by atomic mass is 10.1. The van der Waals surface area contributed by atoms with E-state index < -0.39 is 0 Å². The Morgan fingerprint density at radius 1 is 1.37 bits per heavy atom. The SMILES string of the molecule is Cc1cc(NC(C)c2ccc(Cl)s2)cc([N+](=O)[O-])c1. The van der Waals surface area contributed by atoms with Crippen molar-refractivity contribution in [3.05, 3.63) is 55.2 Å². The number of nitro benzene ring substituents is 1. The average Bonchev–Trinajstić information content (AvgIpc) is 2.75. The van der Waals surface area contributed by atoms with Gasteiger partial charge in [0.1, 0.15) is 0 Å². The summed E-state index contributed by atoms with van der Waals surface area (Å²) >= 11 is 7.40. The van der Waals surface area contributed by atoms with Crippen LogP contribution in [-0.4, -0.2) is 4.92 Å². The molecule has 0 saturated carbocycles. The number of nitro groups is 1. The summed E-state index contributed by atoms with van der Waals surface area (Å²) in [5, 5.41) is 14.1. The van der Waals surface area contributed by atoms with Crippen LogP contribution in [0.15, 0.2) is 30.3 Å². The molecule has 0 fully saturated rings. The van der Waals surface area contributed by atoms with Gasteiger partial charge in [0.05, 0.1) is 15.3 Å². The maximum Gasteiger partial charge on any atom is 0.271 e. The van der Waals surface area contributed by atoms with Crippen molar-refractivity contribution in [2.24, 2.45) is 0 Å². The zero-order chi connectivity index (χ0) is 14.0. The summed E-state index contributed by atoms with van der Waals surface area (Å²) in [6.45, 7) is 3.83. The van der Waals surface area contributed by atoms with Gasteiger partial charge in [-0.05, 0) is 37.6 Å². The molecule has 1 heterocycles. The number of hydrogen-bond acceptors (Lipinski definition) is 4. The molecule has 19 heavy (non-hydrogen) atoms. The highest BCUT2D eigenvalue weighted by atomic mass is 35.5. The van der Waals surface area contributed by atoms with Crippen LogP contribution in [0.1, 0.15) is 23.4 Å². The minimum absolute atomic E-state index is 0.0545. The van der Waals surface area contributed by atoms with E-state index in [-0.39, 0.29) is 16.7 Å². The van der Waals surface area contributed by atoms with Gasteiger partial charge in [0.25, 0.3) is 5.69 Å². The van der Waals surface area contributed by atoms with Crippen molar-refractivity contribution in [3.63, 3.8) is 0 Å². The van der Waals surface area contributed by atoms with Crippen LogP contribution in [0.2, 0.25) is 4.34 Å². The first-order valence-electron chi connectivity index (χ1n) is 5.73. The van der Waals surface area contributed by atoms with Gasteiger partial charge in [0, 0.05) is 22.7 Å². The summed E-state index contributed by atoms with van der Waals surface area (Å²) in [7, 11) is 0.